The Morgan fingerprint density at radius 3 is 2.48 bits per heavy atom. The second-order valence-corrected chi connectivity index (χ2v) is 18.5. The summed E-state index contributed by atoms with van der Waals surface area (Å²) >= 11 is 3.69. The third kappa shape index (κ3) is 7.00. The fourth-order valence-electron chi connectivity index (χ4n) is 6.46. The topological polar surface area (TPSA) is 66.8 Å². The second-order valence-electron chi connectivity index (χ2n) is 13.1. The molecule has 4 rings (SSSR count). The molecular weight excluding hydrogens is 580 g/mol. The molecule has 0 radical (unpaired) electrons. The number of benzene rings is 2. The van der Waals surface area contributed by atoms with Gasteiger partial charge in [-0.2, -0.15) is 0 Å². The van der Waals surface area contributed by atoms with Crippen LogP contribution in [0.2, 0.25) is 18.1 Å². The molecule has 218 valence electrons. The number of ether oxygens (including phenoxy) is 1. The van der Waals surface area contributed by atoms with Crippen molar-refractivity contribution in [3.63, 3.8) is 0 Å². The van der Waals surface area contributed by atoms with Gasteiger partial charge in [-0.15, -0.1) is 0 Å². The van der Waals surface area contributed by atoms with Crippen molar-refractivity contribution in [3.05, 3.63) is 74.8 Å². The maximum absolute atomic E-state index is 13.4. The summed E-state index contributed by atoms with van der Waals surface area (Å²) < 4.78 is 7.11. The van der Waals surface area contributed by atoms with Gasteiger partial charge in [0.15, 0.2) is 14.1 Å². The van der Waals surface area contributed by atoms with E-state index in [4.69, 9.17) is 4.74 Å². The molecule has 2 aromatic rings. The molecule has 0 amide bonds. The highest BCUT2D eigenvalue weighted by atomic mass is 79.9. The number of Topliss-reactive ketones (excluding diaryl/α,β-unsaturated/α-hetero) is 1. The maximum Gasteiger partial charge on any atom is 0.188 e. The minimum Gasteiger partial charge on any atom is -0.489 e. The van der Waals surface area contributed by atoms with Gasteiger partial charge in [0.05, 0.1) is 0 Å². The van der Waals surface area contributed by atoms with Gasteiger partial charge in [0, 0.05) is 22.0 Å². The summed E-state index contributed by atoms with van der Waals surface area (Å²) in [6, 6.07) is 14.0. The highest BCUT2D eigenvalue weighted by Gasteiger charge is 2.43. The number of carbonyl (C=O) groups excluding carboxylic acids is 1. The quantitative estimate of drug-likeness (QED) is 0.172. The highest BCUT2D eigenvalue weighted by Crippen LogP contribution is 2.51. The lowest BCUT2D eigenvalue weighted by atomic mass is 9.77. The van der Waals surface area contributed by atoms with Gasteiger partial charge in [-0.05, 0) is 84.5 Å². The molecule has 4 nitrogen and oxygen atoms in total. The van der Waals surface area contributed by atoms with Crippen LogP contribution in [0.25, 0.3) is 0 Å². The molecule has 6 heteroatoms. The Labute approximate surface area is 250 Å². The predicted molar refractivity (Wildman–Crippen MR) is 169 cm³/mol. The van der Waals surface area contributed by atoms with Gasteiger partial charge in [-0.1, -0.05) is 92.7 Å². The number of aliphatic hydroxyl groups excluding tert-OH is 1. The fourth-order valence-corrected chi connectivity index (χ4v) is 7.84. The Morgan fingerprint density at radius 1 is 1.07 bits per heavy atom. The molecule has 2 aliphatic rings. The maximum atomic E-state index is 13.4. The van der Waals surface area contributed by atoms with Crippen molar-refractivity contribution in [2.24, 2.45) is 11.8 Å². The first-order valence-electron chi connectivity index (χ1n) is 15.1. The number of rotatable bonds is 13. The Bertz CT molecular complexity index is 1210. The summed E-state index contributed by atoms with van der Waals surface area (Å²) in [4.78, 5) is 24.3. The number of unbranched alkanes of at least 4 members (excludes halogenated alkanes) is 2. The highest BCUT2D eigenvalue weighted by molar-refractivity contribution is 9.10. The smallest absolute Gasteiger partial charge is 0.188 e. The van der Waals surface area contributed by atoms with Crippen LogP contribution in [0.4, 0.5) is 0 Å². The Morgan fingerprint density at radius 2 is 1.80 bits per heavy atom. The van der Waals surface area contributed by atoms with Gasteiger partial charge < -0.3 is 14.6 Å². The zero-order valence-electron chi connectivity index (χ0n) is 24.9. The summed E-state index contributed by atoms with van der Waals surface area (Å²) in [5.74, 6) is 1.46. The molecule has 40 heavy (non-hydrogen) atoms. The average Bonchev–Trinajstić information content (AvgIpc) is 3.21. The lowest BCUT2D eigenvalue weighted by molar-refractivity contribution is -0.115. The first kappa shape index (κ1) is 31.2. The van der Waals surface area contributed by atoms with Crippen LogP contribution in [0.3, 0.4) is 0 Å². The molecule has 0 heterocycles. The van der Waals surface area contributed by atoms with Crippen molar-refractivity contribution in [3.8, 4) is 5.75 Å². The van der Waals surface area contributed by atoms with Gasteiger partial charge in [0.25, 0.3) is 0 Å². The monoisotopic (exact) mass is 626 g/mol. The first-order chi connectivity index (χ1) is 18.9. The van der Waals surface area contributed by atoms with Crippen molar-refractivity contribution in [1.29, 1.82) is 0 Å². The van der Waals surface area contributed by atoms with Gasteiger partial charge in [0.1, 0.15) is 18.5 Å². The van der Waals surface area contributed by atoms with E-state index in [0.717, 1.165) is 57.3 Å². The fraction of sp³-hybridized carbons (Fsp3) is 0.559. The molecule has 2 aliphatic carbocycles. The zero-order chi connectivity index (χ0) is 29.1. The standard InChI is InChI=1S/C34H47BrO4Si/c1-6-7-9-12-23(21-34(2,3)40(4,5)38)15-16-26-29(36)20-25-19-27-30(39-22-24-13-10-8-11-14-24)18-17-28(35)32(27)33(37)31(25)26/h8,10-11,13-14,17-18,23,25,33,37-38H,6-7,9,12,15-16,19-22H2,1-5H3. The Kier molecular flexibility index (Phi) is 10.2. The van der Waals surface area contributed by atoms with Crippen LogP contribution in [0.5, 0.6) is 5.75 Å². The summed E-state index contributed by atoms with van der Waals surface area (Å²) in [5.41, 5.74) is 4.73. The molecule has 0 fully saturated rings. The second kappa shape index (κ2) is 13.1. The Hall–Kier alpha value is -1.73. The predicted octanol–water partition coefficient (Wildman–Crippen LogP) is 8.85. The van der Waals surface area contributed by atoms with Gasteiger partial charge in [-0.25, -0.2) is 0 Å². The van der Waals surface area contributed by atoms with Crippen LogP contribution in [-0.4, -0.2) is 24.0 Å². The lowest BCUT2D eigenvalue weighted by Gasteiger charge is -2.38. The third-order valence-electron chi connectivity index (χ3n) is 9.55. The minimum absolute atomic E-state index is 0.0251. The van der Waals surface area contributed by atoms with Crippen molar-refractivity contribution in [1.82, 2.24) is 0 Å². The van der Waals surface area contributed by atoms with E-state index in [0.29, 0.717) is 31.8 Å². The van der Waals surface area contributed by atoms with E-state index in [1.54, 1.807) is 0 Å². The summed E-state index contributed by atoms with van der Waals surface area (Å²) in [7, 11) is -2.32. The zero-order valence-corrected chi connectivity index (χ0v) is 27.5. The van der Waals surface area contributed by atoms with E-state index in [1.165, 1.54) is 19.3 Å². The number of halogens is 1. The molecule has 0 aromatic heterocycles. The molecule has 3 atom stereocenters. The van der Waals surface area contributed by atoms with E-state index in [1.807, 2.05) is 55.6 Å². The number of hydrogen-bond donors (Lipinski definition) is 2. The Balaban J connectivity index is 1.56. The van der Waals surface area contributed by atoms with E-state index in [2.05, 4.69) is 36.7 Å². The number of aliphatic hydroxyl groups is 1. The van der Waals surface area contributed by atoms with Crippen molar-refractivity contribution < 1.29 is 19.4 Å². The normalized spacial score (nSPS) is 19.9. The summed E-state index contributed by atoms with van der Waals surface area (Å²) in [5, 5.41) is 11.6. The van der Waals surface area contributed by atoms with Crippen LogP contribution in [0.15, 0.2) is 58.1 Å². The van der Waals surface area contributed by atoms with Crippen LogP contribution < -0.4 is 4.74 Å². The van der Waals surface area contributed by atoms with Gasteiger partial charge in [-0.3, -0.25) is 4.79 Å². The molecule has 0 spiro atoms. The van der Waals surface area contributed by atoms with Crippen molar-refractivity contribution in [2.45, 2.75) is 109 Å². The van der Waals surface area contributed by atoms with Crippen LogP contribution in [0, 0.1) is 11.8 Å². The van der Waals surface area contributed by atoms with E-state index in [9.17, 15) is 14.7 Å². The minimum atomic E-state index is -2.32. The van der Waals surface area contributed by atoms with E-state index >= 15 is 0 Å². The largest absolute Gasteiger partial charge is 0.489 e. The average molecular weight is 628 g/mol. The van der Waals surface area contributed by atoms with E-state index < -0.39 is 14.4 Å². The molecule has 0 saturated heterocycles. The van der Waals surface area contributed by atoms with Crippen LogP contribution in [-0.2, 0) is 17.8 Å². The lowest BCUT2D eigenvalue weighted by Crippen LogP contribution is -2.40. The molecule has 2 aromatic carbocycles. The number of hydrogen-bond acceptors (Lipinski definition) is 4. The number of carbonyl (C=O) groups is 1. The SMILES string of the molecule is CCCCCC(CCC1=C2C(CC1=O)Cc1c(OCc3ccccc3)ccc(Br)c1C2O)CC(C)(C)[Si](C)(C)O. The molecule has 0 saturated carbocycles. The van der Waals surface area contributed by atoms with E-state index in [-0.39, 0.29) is 16.7 Å². The molecule has 0 aliphatic heterocycles. The van der Waals surface area contributed by atoms with Crippen LogP contribution >= 0.6 is 15.9 Å². The molecule has 3 unspecified atom stereocenters. The molecule has 0 bridgehead atoms. The van der Waals surface area contributed by atoms with Gasteiger partial charge >= 0.3 is 0 Å². The van der Waals surface area contributed by atoms with Crippen molar-refractivity contribution >= 4 is 30.0 Å². The number of ketones is 1. The van der Waals surface area contributed by atoms with Crippen molar-refractivity contribution in [2.75, 3.05) is 0 Å². The number of allylic oxidation sites excluding steroid dienone is 1. The molecule has 2 N–H and O–H groups in total. The number of fused-ring (bicyclic) bond motifs is 2. The van der Waals surface area contributed by atoms with Crippen LogP contribution in [0.1, 0.15) is 94.9 Å². The summed E-state index contributed by atoms with van der Waals surface area (Å²) in [6.45, 7) is 11.2. The molecular formula is C34H47BrO4Si. The first-order valence-corrected chi connectivity index (χ1v) is 18.8. The third-order valence-corrected chi connectivity index (χ3v) is 13.8. The van der Waals surface area contributed by atoms with Gasteiger partial charge in [0.2, 0.25) is 0 Å². The summed E-state index contributed by atoms with van der Waals surface area (Å²) in [6.07, 6.45) is 7.69.